The molecule has 0 saturated heterocycles. The number of hydrogen-bond donors (Lipinski definition) is 0. The van der Waals surface area contributed by atoms with Crippen molar-refractivity contribution in [2.75, 3.05) is 7.05 Å². The average molecular weight is 359 g/mol. The molecule has 1 amide bonds. The average Bonchev–Trinajstić information content (AvgIpc) is 3.42. The number of hydrogen-bond acceptors (Lipinski definition) is 5. The molecule has 8 heteroatoms. The van der Waals surface area contributed by atoms with Crippen molar-refractivity contribution in [1.82, 2.24) is 34.4 Å². The van der Waals surface area contributed by atoms with Crippen LogP contribution in [0.3, 0.4) is 0 Å². The Kier molecular flexibility index (Phi) is 4.44. The zero-order valence-electron chi connectivity index (χ0n) is 14.7. The minimum Gasteiger partial charge on any atom is -0.337 e. The number of carbonyl (C=O) groups is 1. The molecule has 0 bridgehead atoms. The molecule has 8 nitrogen and oxygen atoms in total. The van der Waals surface area contributed by atoms with Crippen LogP contribution in [0.25, 0.3) is 11.5 Å². The van der Waals surface area contributed by atoms with Crippen molar-refractivity contribution < 1.29 is 4.79 Å². The normalized spacial score (nSPS) is 10.7. The van der Waals surface area contributed by atoms with E-state index in [0.717, 1.165) is 11.3 Å². The van der Waals surface area contributed by atoms with Crippen molar-refractivity contribution in [3.63, 3.8) is 0 Å². The minimum absolute atomic E-state index is 0.0807. The molecule has 4 aromatic rings. The number of carbonyl (C=O) groups excluding carboxylic acids is 1. The van der Waals surface area contributed by atoms with E-state index in [1.165, 1.54) is 0 Å². The van der Waals surface area contributed by atoms with E-state index in [0.29, 0.717) is 17.9 Å². The molecule has 0 N–H and O–H groups in total. The van der Waals surface area contributed by atoms with Crippen LogP contribution in [0, 0.1) is 0 Å². The topological polar surface area (TPSA) is 81.7 Å². The second-order valence-electron chi connectivity index (χ2n) is 6.05. The number of aromatic nitrogens is 6. The predicted molar refractivity (Wildman–Crippen MR) is 98.5 cm³/mol. The van der Waals surface area contributed by atoms with Crippen LogP contribution < -0.4 is 0 Å². The van der Waals surface area contributed by atoms with E-state index in [1.54, 1.807) is 58.4 Å². The van der Waals surface area contributed by atoms with Gasteiger partial charge in [-0.05, 0) is 35.9 Å². The van der Waals surface area contributed by atoms with Crippen molar-refractivity contribution >= 4 is 5.91 Å². The van der Waals surface area contributed by atoms with Gasteiger partial charge in [0.1, 0.15) is 18.5 Å². The summed E-state index contributed by atoms with van der Waals surface area (Å²) in [6, 6.07) is 13.3. The van der Waals surface area contributed by atoms with Gasteiger partial charge in [-0.3, -0.25) is 9.36 Å². The highest BCUT2D eigenvalue weighted by Crippen LogP contribution is 2.13. The van der Waals surface area contributed by atoms with Gasteiger partial charge in [-0.1, -0.05) is 12.1 Å². The molecular weight excluding hydrogens is 342 g/mol. The molecule has 0 fully saturated rings. The summed E-state index contributed by atoms with van der Waals surface area (Å²) < 4.78 is 3.45. The second-order valence-corrected chi connectivity index (χ2v) is 6.05. The summed E-state index contributed by atoms with van der Waals surface area (Å²) in [6.07, 6.45) is 8.32. The van der Waals surface area contributed by atoms with Crippen molar-refractivity contribution in [2.45, 2.75) is 6.54 Å². The molecule has 0 spiro atoms. The summed E-state index contributed by atoms with van der Waals surface area (Å²) in [6.45, 7) is 0.502. The Morgan fingerprint density at radius 3 is 2.56 bits per heavy atom. The molecule has 0 unspecified atom stereocenters. The fraction of sp³-hybridized carbons (Fsp3) is 0.105. The predicted octanol–water partition coefficient (Wildman–Crippen LogP) is 2.12. The maximum atomic E-state index is 12.8. The lowest BCUT2D eigenvalue weighted by Gasteiger charge is -2.18. The Morgan fingerprint density at radius 1 is 1.07 bits per heavy atom. The van der Waals surface area contributed by atoms with E-state index >= 15 is 0 Å². The molecule has 134 valence electrons. The minimum atomic E-state index is -0.0807. The lowest BCUT2D eigenvalue weighted by molar-refractivity contribution is 0.0785. The van der Waals surface area contributed by atoms with Crippen LogP contribution >= 0.6 is 0 Å². The van der Waals surface area contributed by atoms with E-state index in [-0.39, 0.29) is 5.91 Å². The van der Waals surface area contributed by atoms with Gasteiger partial charge in [-0.25, -0.2) is 9.67 Å². The lowest BCUT2D eigenvalue weighted by atomic mass is 10.1. The second kappa shape index (κ2) is 7.20. The molecule has 0 atom stereocenters. The van der Waals surface area contributed by atoms with Crippen LogP contribution in [0.5, 0.6) is 0 Å². The molecule has 27 heavy (non-hydrogen) atoms. The van der Waals surface area contributed by atoms with Crippen molar-refractivity contribution in [3.8, 4) is 11.5 Å². The Labute approximate surface area is 155 Å². The van der Waals surface area contributed by atoms with Crippen molar-refractivity contribution in [2.24, 2.45) is 0 Å². The molecule has 0 saturated carbocycles. The Hall–Kier alpha value is -3.81. The van der Waals surface area contributed by atoms with Gasteiger partial charge in [0.25, 0.3) is 5.91 Å². The summed E-state index contributed by atoms with van der Waals surface area (Å²) in [5.74, 6) is 0.519. The molecule has 0 aliphatic heterocycles. The van der Waals surface area contributed by atoms with E-state index < -0.39 is 0 Å². The summed E-state index contributed by atoms with van der Waals surface area (Å²) in [5.41, 5.74) is 2.57. The first-order valence-corrected chi connectivity index (χ1v) is 8.36. The van der Waals surface area contributed by atoms with E-state index in [9.17, 15) is 4.79 Å². The van der Waals surface area contributed by atoms with E-state index in [4.69, 9.17) is 0 Å². The SMILES string of the molecule is CN(Cc1ccc(-n2cccn2)cc1)C(=O)c1ccnc(-n2cnnc2)c1. The monoisotopic (exact) mass is 359 g/mol. The molecule has 4 rings (SSSR count). The molecular formula is C19H17N7O. The van der Waals surface area contributed by atoms with Crippen LogP contribution in [0.15, 0.2) is 73.7 Å². The quantitative estimate of drug-likeness (QED) is 0.545. The third kappa shape index (κ3) is 3.59. The van der Waals surface area contributed by atoms with Gasteiger partial charge in [0, 0.05) is 37.7 Å². The fourth-order valence-electron chi connectivity index (χ4n) is 2.75. The summed E-state index contributed by atoms with van der Waals surface area (Å²) in [4.78, 5) is 18.7. The maximum absolute atomic E-state index is 12.8. The highest BCUT2D eigenvalue weighted by molar-refractivity contribution is 5.94. The molecule has 1 aromatic carbocycles. The van der Waals surface area contributed by atoms with Gasteiger partial charge in [-0.15, -0.1) is 10.2 Å². The zero-order valence-corrected chi connectivity index (χ0v) is 14.7. The van der Waals surface area contributed by atoms with Crippen LogP contribution in [0.4, 0.5) is 0 Å². The Balaban J connectivity index is 1.47. The third-order valence-corrected chi connectivity index (χ3v) is 4.15. The van der Waals surface area contributed by atoms with Crippen LogP contribution in [-0.2, 0) is 6.54 Å². The Bertz CT molecular complexity index is 1020. The standard InChI is InChI=1S/C19H17N7O/c1-24(12-15-3-5-17(6-4-15)26-10-2-8-23-26)19(27)16-7-9-20-18(11-16)25-13-21-22-14-25/h2-11,13-14H,12H2,1H3. The largest absolute Gasteiger partial charge is 0.337 e. The van der Waals surface area contributed by atoms with Crippen molar-refractivity contribution in [3.05, 3.63) is 84.8 Å². The number of pyridine rings is 1. The first kappa shape index (κ1) is 16.6. The van der Waals surface area contributed by atoms with Gasteiger partial charge in [-0.2, -0.15) is 5.10 Å². The lowest BCUT2D eigenvalue weighted by Crippen LogP contribution is -2.26. The first-order valence-electron chi connectivity index (χ1n) is 8.36. The molecule has 0 aliphatic carbocycles. The van der Waals surface area contributed by atoms with Gasteiger partial charge in [0.15, 0.2) is 0 Å². The third-order valence-electron chi connectivity index (χ3n) is 4.15. The number of benzene rings is 1. The van der Waals surface area contributed by atoms with Gasteiger partial charge >= 0.3 is 0 Å². The highest BCUT2D eigenvalue weighted by atomic mass is 16.2. The molecule has 0 radical (unpaired) electrons. The Morgan fingerprint density at radius 2 is 1.85 bits per heavy atom. The maximum Gasteiger partial charge on any atom is 0.254 e. The van der Waals surface area contributed by atoms with Gasteiger partial charge < -0.3 is 4.90 Å². The molecule has 3 aromatic heterocycles. The fourth-order valence-corrected chi connectivity index (χ4v) is 2.75. The van der Waals surface area contributed by atoms with Gasteiger partial charge in [0.05, 0.1) is 5.69 Å². The van der Waals surface area contributed by atoms with Crippen LogP contribution in [0.2, 0.25) is 0 Å². The zero-order chi connectivity index (χ0) is 18.6. The van der Waals surface area contributed by atoms with Crippen LogP contribution in [0.1, 0.15) is 15.9 Å². The summed E-state index contributed by atoms with van der Waals surface area (Å²) >= 11 is 0. The number of rotatable bonds is 5. The van der Waals surface area contributed by atoms with E-state index in [2.05, 4.69) is 20.3 Å². The van der Waals surface area contributed by atoms with Gasteiger partial charge in [0.2, 0.25) is 0 Å². The van der Waals surface area contributed by atoms with Crippen molar-refractivity contribution in [1.29, 1.82) is 0 Å². The molecule has 3 heterocycles. The van der Waals surface area contributed by atoms with E-state index in [1.807, 2.05) is 36.5 Å². The number of nitrogens with zero attached hydrogens (tertiary/aromatic N) is 7. The van der Waals surface area contributed by atoms with Crippen LogP contribution in [-0.4, -0.2) is 47.4 Å². The highest BCUT2D eigenvalue weighted by Gasteiger charge is 2.13. The summed E-state index contributed by atoms with van der Waals surface area (Å²) in [7, 11) is 1.78. The summed E-state index contributed by atoms with van der Waals surface area (Å²) in [5, 5.41) is 11.7. The smallest absolute Gasteiger partial charge is 0.254 e. The molecule has 0 aliphatic rings. The first-order chi connectivity index (χ1) is 13.2. The number of amides is 1.